The maximum absolute atomic E-state index is 5.75. The monoisotopic (exact) mass is 279 g/mol. The highest BCUT2D eigenvalue weighted by atomic mass is 15.1. The van der Waals surface area contributed by atoms with Gasteiger partial charge in [0.15, 0.2) is 11.5 Å². The molecule has 2 heterocycles. The molecule has 0 spiro atoms. The zero-order valence-electron chi connectivity index (χ0n) is 11.7. The summed E-state index contributed by atoms with van der Waals surface area (Å²) in [6.45, 7) is 0.983. The lowest BCUT2D eigenvalue weighted by Gasteiger charge is -2.07. The van der Waals surface area contributed by atoms with Crippen LogP contribution in [0.5, 0.6) is 0 Å². The van der Waals surface area contributed by atoms with Gasteiger partial charge in [0.25, 0.3) is 0 Å². The van der Waals surface area contributed by atoms with Crippen LogP contribution in [0.15, 0.2) is 42.9 Å². The van der Waals surface area contributed by atoms with Crippen molar-refractivity contribution >= 4 is 17.2 Å². The van der Waals surface area contributed by atoms with Gasteiger partial charge in [-0.1, -0.05) is 12.1 Å². The Morgan fingerprint density at radius 1 is 1.19 bits per heavy atom. The van der Waals surface area contributed by atoms with E-state index in [2.05, 4.69) is 19.7 Å². The summed E-state index contributed by atoms with van der Waals surface area (Å²) in [6, 6.07) is 7.83. The predicted octanol–water partition coefficient (Wildman–Crippen LogP) is 2.80. The Balaban J connectivity index is 1.73. The van der Waals surface area contributed by atoms with Gasteiger partial charge < -0.3 is 11.1 Å². The first kappa shape index (κ1) is 12.2. The van der Waals surface area contributed by atoms with Crippen LogP contribution in [0, 0.1) is 5.92 Å². The summed E-state index contributed by atoms with van der Waals surface area (Å²) in [4.78, 5) is 8.94. The van der Waals surface area contributed by atoms with Crippen molar-refractivity contribution in [1.82, 2.24) is 14.4 Å². The van der Waals surface area contributed by atoms with Gasteiger partial charge in [-0.2, -0.15) is 0 Å². The van der Waals surface area contributed by atoms with Crippen LogP contribution in [0.4, 0.5) is 11.5 Å². The molecule has 1 aliphatic rings. The lowest BCUT2D eigenvalue weighted by atomic mass is 10.1. The highest BCUT2D eigenvalue weighted by Crippen LogP contribution is 2.29. The van der Waals surface area contributed by atoms with Crippen LogP contribution in [0.1, 0.15) is 12.8 Å². The number of benzene rings is 1. The lowest BCUT2D eigenvalue weighted by Crippen LogP contribution is -2.06. The normalized spacial score (nSPS) is 14.5. The van der Waals surface area contributed by atoms with Gasteiger partial charge in [-0.15, -0.1) is 0 Å². The number of aromatic nitrogens is 3. The molecule has 5 nitrogen and oxygen atoms in total. The molecule has 0 aliphatic heterocycles. The van der Waals surface area contributed by atoms with Crippen LogP contribution < -0.4 is 11.1 Å². The average molecular weight is 279 g/mol. The molecule has 2 aromatic heterocycles. The largest absolute Gasteiger partial charge is 0.399 e. The van der Waals surface area contributed by atoms with Gasteiger partial charge in [-0.3, -0.25) is 4.40 Å². The van der Waals surface area contributed by atoms with Crippen LogP contribution in [0.25, 0.3) is 16.9 Å². The quantitative estimate of drug-likeness (QED) is 0.721. The first-order valence-corrected chi connectivity index (χ1v) is 7.23. The van der Waals surface area contributed by atoms with E-state index in [1.165, 1.54) is 12.8 Å². The standard InChI is InChI=1S/C16H17N5/c17-13-5-3-12(4-6-13)14-10-20-16-15(18-7-8-21(14)16)19-9-11-1-2-11/h3-8,10-11H,1-2,9,17H2,(H,18,19). The number of imidazole rings is 1. The van der Waals surface area contributed by atoms with Gasteiger partial charge in [0.05, 0.1) is 11.9 Å². The van der Waals surface area contributed by atoms with Crippen LogP contribution in [-0.2, 0) is 0 Å². The Bertz CT molecular complexity index is 771. The minimum atomic E-state index is 0.765. The maximum atomic E-state index is 5.75. The number of nitrogen functional groups attached to an aromatic ring is 1. The zero-order valence-corrected chi connectivity index (χ0v) is 11.7. The molecule has 106 valence electrons. The molecule has 3 aromatic rings. The minimum absolute atomic E-state index is 0.765. The summed E-state index contributed by atoms with van der Waals surface area (Å²) in [6.07, 6.45) is 8.27. The molecule has 0 saturated heterocycles. The molecule has 1 fully saturated rings. The topological polar surface area (TPSA) is 68.2 Å². The Morgan fingerprint density at radius 3 is 2.76 bits per heavy atom. The average Bonchev–Trinajstić information content (AvgIpc) is 3.24. The number of nitrogens with two attached hydrogens (primary N) is 1. The number of nitrogens with one attached hydrogen (secondary N) is 1. The number of hydrogen-bond acceptors (Lipinski definition) is 4. The summed E-state index contributed by atoms with van der Waals surface area (Å²) in [7, 11) is 0. The van der Waals surface area contributed by atoms with Crippen LogP contribution in [-0.4, -0.2) is 20.9 Å². The minimum Gasteiger partial charge on any atom is -0.399 e. The number of hydrogen-bond donors (Lipinski definition) is 2. The van der Waals surface area contributed by atoms with Crippen molar-refractivity contribution in [1.29, 1.82) is 0 Å². The second-order valence-electron chi connectivity index (χ2n) is 5.56. The molecule has 0 bridgehead atoms. The predicted molar refractivity (Wildman–Crippen MR) is 84.0 cm³/mol. The summed E-state index contributed by atoms with van der Waals surface area (Å²) < 4.78 is 2.06. The van der Waals surface area contributed by atoms with Crippen LogP contribution in [0.2, 0.25) is 0 Å². The van der Waals surface area contributed by atoms with Crippen molar-refractivity contribution < 1.29 is 0 Å². The summed E-state index contributed by atoms with van der Waals surface area (Å²) in [5, 5.41) is 3.41. The molecule has 5 heteroatoms. The first-order chi connectivity index (χ1) is 10.3. The summed E-state index contributed by atoms with van der Waals surface area (Å²) >= 11 is 0. The van der Waals surface area contributed by atoms with Gasteiger partial charge in [0.1, 0.15) is 0 Å². The van der Waals surface area contributed by atoms with Crippen molar-refractivity contribution in [2.75, 3.05) is 17.6 Å². The maximum Gasteiger partial charge on any atom is 0.180 e. The molecule has 0 amide bonds. The smallest absolute Gasteiger partial charge is 0.180 e. The van der Waals surface area contributed by atoms with E-state index in [-0.39, 0.29) is 0 Å². The number of nitrogens with zero attached hydrogens (tertiary/aromatic N) is 3. The fourth-order valence-electron chi connectivity index (χ4n) is 2.47. The molecule has 1 saturated carbocycles. The van der Waals surface area contributed by atoms with Crippen LogP contribution >= 0.6 is 0 Å². The van der Waals surface area contributed by atoms with Crippen molar-refractivity contribution in [3.8, 4) is 11.3 Å². The van der Waals surface area contributed by atoms with Gasteiger partial charge in [0, 0.05) is 30.2 Å². The van der Waals surface area contributed by atoms with E-state index in [0.717, 1.165) is 40.9 Å². The molecule has 0 atom stereocenters. The van der Waals surface area contributed by atoms with E-state index in [1.807, 2.05) is 42.9 Å². The SMILES string of the molecule is Nc1ccc(-c2cnc3c(NCC4CC4)nccn23)cc1. The van der Waals surface area contributed by atoms with Gasteiger partial charge >= 0.3 is 0 Å². The molecular weight excluding hydrogens is 262 g/mol. The fraction of sp³-hybridized carbons (Fsp3) is 0.250. The second kappa shape index (κ2) is 4.77. The Kier molecular flexibility index (Phi) is 2.77. The van der Waals surface area contributed by atoms with E-state index >= 15 is 0 Å². The third-order valence-electron chi connectivity index (χ3n) is 3.89. The van der Waals surface area contributed by atoms with E-state index in [9.17, 15) is 0 Å². The van der Waals surface area contributed by atoms with Crippen LogP contribution in [0.3, 0.4) is 0 Å². The van der Waals surface area contributed by atoms with E-state index in [4.69, 9.17) is 5.73 Å². The molecule has 4 rings (SSSR count). The number of anilines is 2. The molecule has 3 N–H and O–H groups in total. The third-order valence-corrected chi connectivity index (χ3v) is 3.89. The molecule has 1 aromatic carbocycles. The number of rotatable bonds is 4. The summed E-state index contributed by atoms with van der Waals surface area (Å²) in [5.74, 6) is 1.66. The van der Waals surface area contributed by atoms with Crippen molar-refractivity contribution in [3.05, 3.63) is 42.9 Å². The highest BCUT2D eigenvalue weighted by Gasteiger charge is 2.21. The molecule has 0 unspecified atom stereocenters. The number of fused-ring (bicyclic) bond motifs is 1. The molecular formula is C16H17N5. The second-order valence-corrected chi connectivity index (χ2v) is 5.56. The van der Waals surface area contributed by atoms with Gasteiger partial charge in [-0.25, -0.2) is 9.97 Å². The van der Waals surface area contributed by atoms with E-state index in [0.29, 0.717) is 0 Å². The first-order valence-electron chi connectivity index (χ1n) is 7.23. The van der Waals surface area contributed by atoms with Crippen molar-refractivity contribution in [2.24, 2.45) is 5.92 Å². The molecule has 21 heavy (non-hydrogen) atoms. The molecule has 1 aliphatic carbocycles. The fourth-order valence-corrected chi connectivity index (χ4v) is 2.47. The summed E-state index contributed by atoms with van der Waals surface area (Å²) in [5.41, 5.74) is 9.52. The van der Waals surface area contributed by atoms with E-state index < -0.39 is 0 Å². The van der Waals surface area contributed by atoms with Gasteiger partial charge in [0.2, 0.25) is 0 Å². The van der Waals surface area contributed by atoms with E-state index in [1.54, 1.807) is 0 Å². The van der Waals surface area contributed by atoms with Gasteiger partial charge in [-0.05, 0) is 30.9 Å². The Morgan fingerprint density at radius 2 is 2.00 bits per heavy atom. The third kappa shape index (κ3) is 2.31. The highest BCUT2D eigenvalue weighted by molar-refractivity contribution is 5.71. The molecule has 0 radical (unpaired) electrons. The zero-order chi connectivity index (χ0) is 14.2. The lowest BCUT2D eigenvalue weighted by molar-refractivity contribution is 0.881. The Labute approximate surface area is 122 Å². The van der Waals surface area contributed by atoms with Crippen molar-refractivity contribution in [3.63, 3.8) is 0 Å². The Hall–Kier alpha value is -2.56. The van der Waals surface area contributed by atoms with Crippen molar-refractivity contribution in [2.45, 2.75) is 12.8 Å².